The fourth-order valence-corrected chi connectivity index (χ4v) is 3.83. The monoisotopic (exact) mass is 398 g/mol. The van der Waals surface area contributed by atoms with Gasteiger partial charge in [-0.15, -0.1) is 0 Å². The number of para-hydroxylation sites is 1. The van der Waals surface area contributed by atoms with Gasteiger partial charge in [-0.1, -0.05) is 36.4 Å². The number of amides is 2. The summed E-state index contributed by atoms with van der Waals surface area (Å²) in [5.41, 5.74) is 6.66. The van der Waals surface area contributed by atoms with Crippen molar-refractivity contribution in [2.24, 2.45) is 5.73 Å². The summed E-state index contributed by atoms with van der Waals surface area (Å²) in [6, 6.07) is 14.7. The Bertz CT molecular complexity index is 926. The molecular formula is C19H18N4O4S. The Morgan fingerprint density at radius 1 is 1.21 bits per heavy atom. The van der Waals surface area contributed by atoms with Gasteiger partial charge in [-0.25, -0.2) is 0 Å². The Morgan fingerprint density at radius 3 is 2.57 bits per heavy atom. The number of nitrogens with two attached hydrogens (primary N) is 1. The molecule has 2 amide bonds. The maximum Gasteiger partial charge on any atom is 0.273 e. The van der Waals surface area contributed by atoms with Crippen LogP contribution in [0.25, 0.3) is 0 Å². The molecule has 8 nitrogen and oxygen atoms in total. The first-order valence-corrected chi connectivity index (χ1v) is 9.44. The number of primary amides is 1. The molecule has 0 heterocycles. The third-order valence-corrected chi connectivity index (χ3v) is 5.07. The Kier molecular flexibility index (Phi) is 7.54. The quantitative estimate of drug-likeness (QED) is 0.377. The second-order valence-corrected chi connectivity index (χ2v) is 6.81. The number of benzene rings is 2. The largest absolute Gasteiger partial charge is 0.366 e. The summed E-state index contributed by atoms with van der Waals surface area (Å²) in [5, 5.41) is 22.3. The zero-order chi connectivity index (χ0) is 20.5. The number of hydrogen-bond donors (Lipinski definition) is 2. The smallest absolute Gasteiger partial charge is 0.273 e. The van der Waals surface area contributed by atoms with Crippen LogP contribution in [-0.4, -0.2) is 29.0 Å². The van der Waals surface area contributed by atoms with E-state index < -0.39 is 22.7 Å². The minimum absolute atomic E-state index is 0.0121. The molecule has 0 bridgehead atoms. The Hall–Kier alpha value is -3.38. The number of nitro benzene ring substituents is 1. The molecular weight excluding hydrogens is 380 g/mol. The predicted octanol–water partition coefficient (Wildman–Crippen LogP) is 2.35. The van der Waals surface area contributed by atoms with Gasteiger partial charge in [0.2, 0.25) is 11.8 Å². The molecule has 144 valence electrons. The molecule has 0 saturated carbocycles. The van der Waals surface area contributed by atoms with E-state index >= 15 is 0 Å². The Balaban J connectivity index is 2.22. The average molecular weight is 398 g/mol. The lowest BCUT2D eigenvalue weighted by atomic mass is 9.94. The van der Waals surface area contributed by atoms with Crippen LogP contribution in [0.1, 0.15) is 27.4 Å². The lowest BCUT2D eigenvalue weighted by molar-refractivity contribution is -0.385. The molecule has 9 heteroatoms. The number of carbonyl (C=O) groups is 2. The number of nitriles is 1. The lowest BCUT2D eigenvalue weighted by Gasteiger charge is -2.18. The van der Waals surface area contributed by atoms with E-state index in [0.29, 0.717) is 16.9 Å². The maximum absolute atomic E-state index is 12.6. The van der Waals surface area contributed by atoms with E-state index in [0.717, 1.165) is 0 Å². The average Bonchev–Trinajstić information content (AvgIpc) is 2.69. The third kappa shape index (κ3) is 5.31. The van der Waals surface area contributed by atoms with Crippen molar-refractivity contribution in [2.45, 2.75) is 11.7 Å². The predicted molar refractivity (Wildman–Crippen MR) is 106 cm³/mol. The van der Waals surface area contributed by atoms with Crippen molar-refractivity contribution in [3.8, 4) is 6.07 Å². The summed E-state index contributed by atoms with van der Waals surface area (Å²) in [7, 11) is 0. The van der Waals surface area contributed by atoms with E-state index in [4.69, 9.17) is 11.0 Å². The molecule has 0 spiro atoms. The van der Waals surface area contributed by atoms with Crippen molar-refractivity contribution in [1.29, 1.82) is 5.26 Å². The second kappa shape index (κ2) is 10.1. The van der Waals surface area contributed by atoms with E-state index in [1.807, 2.05) is 6.07 Å². The number of thioether (sulfide) groups is 1. The molecule has 2 aromatic carbocycles. The molecule has 0 aliphatic heterocycles. The SMILES string of the molecule is N#CCNC(=O)C(CSCc1ccccc1[N+](=O)[O-])c1ccccc1C(N)=O. The molecule has 0 aliphatic rings. The summed E-state index contributed by atoms with van der Waals surface area (Å²) >= 11 is 1.32. The van der Waals surface area contributed by atoms with Gasteiger partial charge < -0.3 is 11.1 Å². The van der Waals surface area contributed by atoms with Gasteiger partial charge in [0, 0.05) is 28.7 Å². The van der Waals surface area contributed by atoms with Crippen LogP contribution in [0.5, 0.6) is 0 Å². The molecule has 0 aliphatic carbocycles. The maximum atomic E-state index is 12.6. The highest BCUT2D eigenvalue weighted by Gasteiger charge is 2.25. The van der Waals surface area contributed by atoms with E-state index in [-0.39, 0.29) is 23.5 Å². The summed E-state index contributed by atoms with van der Waals surface area (Å²) in [4.78, 5) is 35.0. The van der Waals surface area contributed by atoms with E-state index in [2.05, 4.69) is 5.32 Å². The van der Waals surface area contributed by atoms with Crippen molar-refractivity contribution in [3.05, 3.63) is 75.3 Å². The summed E-state index contributed by atoms with van der Waals surface area (Å²) < 4.78 is 0. The normalized spacial score (nSPS) is 11.2. The summed E-state index contributed by atoms with van der Waals surface area (Å²) in [6.45, 7) is -0.164. The van der Waals surface area contributed by atoms with E-state index in [1.54, 1.807) is 36.4 Å². The Morgan fingerprint density at radius 2 is 1.89 bits per heavy atom. The van der Waals surface area contributed by atoms with Crippen molar-refractivity contribution in [1.82, 2.24) is 5.32 Å². The molecule has 2 aromatic rings. The topological polar surface area (TPSA) is 139 Å². The first kappa shape index (κ1) is 20.9. The van der Waals surface area contributed by atoms with Crippen LogP contribution < -0.4 is 11.1 Å². The fraction of sp³-hybridized carbons (Fsp3) is 0.211. The highest BCUT2D eigenvalue weighted by Crippen LogP contribution is 2.29. The molecule has 1 atom stereocenters. The second-order valence-electron chi connectivity index (χ2n) is 5.78. The van der Waals surface area contributed by atoms with Gasteiger partial charge in [0.05, 0.1) is 16.9 Å². The zero-order valence-corrected chi connectivity index (χ0v) is 15.6. The number of hydrogen-bond acceptors (Lipinski definition) is 6. The minimum atomic E-state index is -0.732. The number of carbonyl (C=O) groups excluding carboxylic acids is 2. The van der Waals surface area contributed by atoms with Gasteiger partial charge in [-0.05, 0) is 11.6 Å². The zero-order valence-electron chi connectivity index (χ0n) is 14.8. The first-order chi connectivity index (χ1) is 13.5. The molecule has 2 rings (SSSR count). The number of rotatable bonds is 9. The molecule has 0 fully saturated rings. The molecule has 3 N–H and O–H groups in total. The van der Waals surface area contributed by atoms with Gasteiger partial charge >= 0.3 is 0 Å². The molecule has 1 unspecified atom stereocenters. The first-order valence-electron chi connectivity index (χ1n) is 8.29. The van der Waals surface area contributed by atoms with E-state index in [1.165, 1.54) is 23.9 Å². The lowest BCUT2D eigenvalue weighted by Crippen LogP contribution is -2.32. The molecule has 0 radical (unpaired) electrons. The van der Waals surface area contributed by atoms with Gasteiger partial charge in [-0.2, -0.15) is 17.0 Å². The summed E-state index contributed by atoms with van der Waals surface area (Å²) in [6.07, 6.45) is 0. The van der Waals surface area contributed by atoms with Crippen molar-refractivity contribution >= 4 is 29.3 Å². The van der Waals surface area contributed by atoms with Crippen LogP contribution in [0.3, 0.4) is 0 Å². The van der Waals surface area contributed by atoms with Crippen molar-refractivity contribution < 1.29 is 14.5 Å². The van der Waals surface area contributed by atoms with Crippen molar-refractivity contribution in [2.75, 3.05) is 12.3 Å². The van der Waals surface area contributed by atoms with Gasteiger partial charge in [-0.3, -0.25) is 19.7 Å². The number of nitrogens with zero attached hydrogens (tertiary/aromatic N) is 2. The Labute approximate surface area is 165 Å². The van der Waals surface area contributed by atoms with Crippen LogP contribution in [0.4, 0.5) is 5.69 Å². The number of nitro groups is 1. The van der Waals surface area contributed by atoms with Gasteiger partial charge in [0.15, 0.2) is 0 Å². The number of nitrogens with one attached hydrogen (secondary N) is 1. The van der Waals surface area contributed by atoms with Crippen LogP contribution in [0.15, 0.2) is 48.5 Å². The van der Waals surface area contributed by atoms with Gasteiger partial charge in [0.1, 0.15) is 6.54 Å². The van der Waals surface area contributed by atoms with Crippen LogP contribution >= 0.6 is 11.8 Å². The molecule has 0 saturated heterocycles. The molecule has 0 aromatic heterocycles. The van der Waals surface area contributed by atoms with Crippen molar-refractivity contribution in [3.63, 3.8) is 0 Å². The highest BCUT2D eigenvalue weighted by atomic mass is 32.2. The highest BCUT2D eigenvalue weighted by molar-refractivity contribution is 7.98. The minimum Gasteiger partial charge on any atom is -0.366 e. The van der Waals surface area contributed by atoms with Crippen LogP contribution in [-0.2, 0) is 10.5 Å². The standard InChI is InChI=1S/C19H18N4O4S/c20-9-10-22-19(25)16(14-6-2-3-7-15(14)18(21)24)12-28-11-13-5-1-4-8-17(13)23(26)27/h1-8,16H,10-12H2,(H2,21,24)(H,22,25). The van der Waals surface area contributed by atoms with Crippen LogP contribution in [0.2, 0.25) is 0 Å². The fourth-order valence-electron chi connectivity index (χ4n) is 2.68. The van der Waals surface area contributed by atoms with Crippen LogP contribution in [0, 0.1) is 21.4 Å². The third-order valence-electron chi connectivity index (χ3n) is 3.99. The van der Waals surface area contributed by atoms with E-state index in [9.17, 15) is 19.7 Å². The summed E-state index contributed by atoms with van der Waals surface area (Å²) in [5.74, 6) is -1.22. The molecule has 28 heavy (non-hydrogen) atoms. The van der Waals surface area contributed by atoms with Gasteiger partial charge in [0.25, 0.3) is 5.69 Å².